The standard InChI is InChI=1S/C14H24N2O7/c1-9(18)16-11(14(22)23)4-2-3-5-15-7-13(21)12(20)6-10(19)8-17/h7,10-11,15,17,19,21H,2-6,8H2,1H3,(H,16,18)(H,22,23)/b13-7-/t10-,11-/m0/s1. The van der Waals surface area contributed by atoms with Gasteiger partial charge in [0.2, 0.25) is 11.7 Å². The summed E-state index contributed by atoms with van der Waals surface area (Å²) >= 11 is 0. The number of aliphatic hydroxyl groups is 3. The van der Waals surface area contributed by atoms with E-state index < -0.39 is 42.2 Å². The Balaban J connectivity index is 3.98. The zero-order chi connectivity index (χ0) is 17.8. The van der Waals surface area contributed by atoms with E-state index in [1.165, 1.54) is 6.92 Å². The molecule has 132 valence electrons. The van der Waals surface area contributed by atoms with Crippen LogP contribution in [-0.4, -0.2) is 63.4 Å². The molecule has 0 fully saturated rings. The van der Waals surface area contributed by atoms with E-state index in [1.54, 1.807) is 0 Å². The second kappa shape index (κ2) is 11.4. The number of aliphatic carboxylic acids is 1. The van der Waals surface area contributed by atoms with Crippen molar-refractivity contribution in [3.63, 3.8) is 0 Å². The molecular formula is C14H24N2O7. The average Bonchev–Trinajstić information content (AvgIpc) is 2.48. The number of allylic oxidation sites excluding steroid dienone is 1. The summed E-state index contributed by atoms with van der Waals surface area (Å²) < 4.78 is 0. The van der Waals surface area contributed by atoms with Gasteiger partial charge < -0.3 is 31.1 Å². The molecule has 0 radical (unpaired) electrons. The van der Waals surface area contributed by atoms with Crippen LogP contribution in [0.1, 0.15) is 32.6 Å². The van der Waals surface area contributed by atoms with Crippen LogP contribution in [0.2, 0.25) is 0 Å². The topological polar surface area (TPSA) is 156 Å². The molecular weight excluding hydrogens is 308 g/mol. The van der Waals surface area contributed by atoms with Gasteiger partial charge in [-0.1, -0.05) is 0 Å². The lowest BCUT2D eigenvalue weighted by Crippen LogP contribution is -2.39. The molecule has 0 aromatic rings. The third kappa shape index (κ3) is 10.3. The van der Waals surface area contributed by atoms with Gasteiger partial charge in [-0.3, -0.25) is 9.59 Å². The van der Waals surface area contributed by atoms with E-state index in [1.807, 2.05) is 0 Å². The van der Waals surface area contributed by atoms with E-state index in [0.29, 0.717) is 19.4 Å². The van der Waals surface area contributed by atoms with Crippen molar-refractivity contribution in [1.29, 1.82) is 0 Å². The van der Waals surface area contributed by atoms with Crippen molar-refractivity contribution in [2.75, 3.05) is 13.2 Å². The first-order valence-corrected chi connectivity index (χ1v) is 7.22. The molecule has 0 aliphatic carbocycles. The molecule has 0 saturated carbocycles. The lowest BCUT2D eigenvalue weighted by Gasteiger charge is -2.12. The summed E-state index contributed by atoms with van der Waals surface area (Å²) in [6.07, 6.45) is 0.872. The highest BCUT2D eigenvalue weighted by Crippen LogP contribution is 2.02. The van der Waals surface area contributed by atoms with Crippen molar-refractivity contribution < 1.29 is 34.8 Å². The van der Waals surface area contributed by atoms with Crippen LogP contribution in [0.25, 0.3) is 0 Å². The van der Waals surface area contributed by atoms with Crippen molar-refractivity contribution in [2.45, 2.75) is 44.8 Å². The van der Waals surface area contributed by atoms with Crippen molar-refractivity contribution in [2.24, 2.45) is 0 Å². The van der Waals surface area contributed by atoms with Crippen LogP contribution in [0.4, 0.5) is 0 Å². The molecule has 2 atom stereocenters. The Bertz CT molecular complexity index is 437. The van der Waals surface area contributed by atoms with E-state index in [-0.39, 0.29) is 12.8 Å². The number of amides is 1. The predicted octanol–water partition coefficient (Wildman–Crippen LogP) is -0.953. The zero-order valence-electron chi connectivity index (χ0n) is 13.0. The molecule has 0 bridgehead atoms. The van der Waals surface area contributed by atoms with E-state index >= 15 is 0 Å². The number of carboxylic acid groups (broad SMARTS) is 1. The van der Waals surface area contributed by atoms with Gasteiger partial charge in [0.1, 0.15) is 6.04 Å². The number of unbranched alkanes of at least 4 members (excludes halogenated alkanes) is 1. The third-order valence-electron chi connectivity index (χ3n) is 2.90. The van der Waals surface area contributed by atoms with E-state index in [0.717, 1.165) is 6.20 Å². The Morgan fingerprint density at radius 1 is 1.17 bits per heavy atom. The van der Waals surface area contributed by atoms with E-state index in [9.17, 15) is 19.5 Å². The minimum atomic E-state index is -1.21. The number of Topliss-reactive ketones (excluding diaryl/α,β-unsaturated/α-hetero) is 1. The highest BCUT2D eigenvalue weighted by molar-refractivity contribution is 5.93. The number of hydrogen-bond donors (Lipinski definition) is 6. The summed E-state index contributed by atoms with van der Waals surface area (Å²) in [5.41, 5.74) is 0. The van der Waals surface area contributed by atoms with Crippen LogP contribution >= 0.6 is 0 Å². The smallest absolute Gasteiger partial charge is 0.326 e. The summed E-state index contributed by atoms with van der Waals surface area (Å²) in [6, 6.07) is -0.932. The number of nitrogens with one attached hydrogen (secondary N) is 2. The molecule has 0 rings (SSSR count). The monoisotopic (exact) mass is 332 g/mol. The Labute approximate surface area is 134 Å². The zero-order valence-corrected chi connectivity index (χ0v) is 13.0. The van der Waals surface area contributed by atoms with Crippen molar-refractivity contribution >= 4 is 17.7 Å². The molecule has 0 spiro atoms. The van der Waals surface area contributed by atoms with Crippen molar-refractivity contribution in [3.8, 4) is 0 Å². The van der Waals surface area contributed by atoms with Crippen LogP contribution in [0.15, 0.2) is 12.0 Å². The first-order chi connectivity index (χ1) is 10.8. The summed E-state index contributed by atoms with van der Waals surface area (Å²) in [4.78, 5) is 33.1. The molecule has 23 heavy (non-hydrogen) atoms. The van der Waals surface area contributed by atoms with Crippen molar-refractivity contribution in [3.05, 3.63) is 12.0 Å². The lowest BCUT2D eigenvalue weighted by molar-refractivity contribution is -0.141. The summed E-state index contributed by atoms with van der Waals surface area (Å²) in [5, 5.41) is 41.0. The molecule has 0 saturated heterocycles. The molecule has 0 unspecified atom stereocenters. The highest BCUT2D eigenvalue weighted by Gasteiger charge is 2.17. The Hall–Kier alpha value is -2.13. The maximum Gasteiger partial charge on any atom is 0.326 e. The normalized spacial score (nSPS) is 14.0. The van der Waals surface area contributed by atoms with Crippen LogP contribution in [0.5, 0.6) is 0 Å². The second-order valence-corrected chi connectivity index (χ2v) is 5.03. The van der Waals surface area contributed by atoms with Gasteiger partial charge in [0.15, 0.2) is 5.76 Å². The largest absolute Gasteiger partial charge is 0.503 e. The van der Waals surface area contributed by atoms with Crippen molar-refractivity contribution in [1.82, 2.24) is 10.6 Å². The molecule has 0 aliphatic heterocycles. The fourth-order valence-electron chi connectivity index (χ4n) is 1.71. The Morgan fingerprint density at radius 3 is 2.35 bits per heavy atom. The summed E-state index contributed by atoms with van der Waals surface area (Å²) in [5.74, 6) is -2.76. The predicted molar refractivity (Wildman–Crippen MR) is 80.5 cm³/mol. The average molecular weight is 332 g/mol. The maximum atomic E-state index is 11.4. The van der Waals surface area contributed by atoms with E-state index in [4.69, 9.17) is 15.3 Å². The molecule has 0 aliphatic rings. The van der Waals surface area contributed by atoms with Gasteiger partial charge >= 0.3 is 5.97 Å². The molecule has 0 heterocycles. The molecule has 0 aromatic heterocycles. The first-order valence-electron chi connectivity index (χ1n) is 7.22. The van der Waals surface area contributed by atoms with Gasteiger partial charge in [0.05, 0.1) is 12.7 Å². The van der Waals surface area contributed by atoms with Gasteiger partial charge in [-0.05, 0) is 19.3 Å². The number of ketones is 1. The molecule has 0 aromatic carbocycles. The van der Waals surface area contributed by atoms with Crippen LogP contribution in [-0.2, 0) is 14.4 Å². The molecule has 9 heteroatoms. The van der Waals surface area contributed by atoms with E-state index in [2.05, 4.69) is 10.6 Å². The molecule has 1 amide bonds. The Morgan fingerprint density at radius 2 is 1.83 bits per heavy atom. The lowest BCUT2D eigenvalue weighted by atomic mass is 10.1. The molecule has 6 N–H and O–H groups in total. The van der Waals surface area contributed by atoms with Gasteiger partial charge in [0, 0.05) is 26.1 Å². The minimum Gasteiger partial charge on any atom is -0.503 e. The van der Waals surface area contributed by atoms with Crippen LogP contribution in [0, 0.1) is 0 Å². The third-order valence-corrected chi connectivity index (χ3v) is 2.90. The minimum absolute atomic E-state index is 0.272. The second-order valence-electron chi connectivity index (χ2n) is 5.03. The number of carbonyl (C=O) groups is 3. The Kier molecular flexibility index (Phi) is 10.4. The van der Waals surface area contributed by atoms with Gasteiger partial charge in [-0.15, -0.1) is 0 Å². The maximum absolute atomic E-state index is 11.4. The van der Waals surface area contributed by atoms with Crippen LogP contribution < -0.4 is 10.6 Å². The quantitative estimate of drug-likeness (QED) is 0.152. The summed E-state index contributed by atoms with van der Waals surface area (Å²) in [7, 11) is 0. The highest BCUT2D eigenvalue weighted by atomic mass is 16.4. The number of carbonyl (C=O) groups excluding carboxylic acids is 2. The summed E-state index contributed by atoms with van der Waals surface area (Å²) in [6.45, 7) is 1.08. The van der Waals surface area contributed by atoms with Gasteiger partial charge in [-0.25, -0.2) is 4.79 Å². The first kappa shape index (κ1) is 20.9. The SMILES string of the molecule is CC(=O)N[C@@H](CCCCN/C=C(\O)C(=O)C[C@H](O)CO)C(=O)O. The van der Waals surface area contributed by atoms with Gasteiger partial charge in [0.25, 0.3) is 0 Å². The fraction of sp³-hybridized carbons (Fsp3) is 0.643. The molecule has 9 nitrogen and oxygen atoms in total. The number of hydrogen-bond acceptors (Lipinski definition) is 7. The number of aliphatic hydroxyl groups excluding tert-OH is 3. The van der Waals surface area contributed by atoms with Crippen LogP contribution in [0.3, 0.4) is 0 Å². The fourth-order valence-corrected chi connectivity index (χ4v) is 1.71. The number of rotatable bonds is 12. The van der Waals surface area contributed by atoms with Gasteiger partial charge in [-0.2, -0.15) is 0 Å². The number of carboxylic acids is 1.